The maximum Gasteiger partial charge on any atom is 0.294 e. The van der Waals surface area contributed by atoms with E-state index >= 15 is 0 Å². The van der Waals surface area contributed by atoms with E-state index in [1.165, 1.54) is 18.2 Å². The van der Waals surface area contributed by atoms with Crippen LogP contribution in [0.5, 0.6) is 11.5 Å². The molecule has 3 aromatic carbocycles. The van der Waals surface area contributed by atoms with Crippen LogP contribution in [0.4, 0.5) is 14.9 Å². The Balaban J connectivity index is 1.40. The summed E-state index contributed by atoms with van der Waals surface area (Å²) in [7, 11) is 0. The van der Waals surface area contributed by atoms with Gasteiger partial charge in [0.25, 0.3) is 11.1 Å². The van der Waals surface area contributed by atoms with Crippen molar-refractivity contribution >= 4 is 68.1 Å². The smallest absolute Gasteiger partial charge is 0.294 e. The van der Waals surface area contributed by atoms with Gasteiger partial charge in [-0.2, -0.15) is 0 Å². The molecule has 7 nitrogen and oxygen atoms in total. The Labute approximate surface area is 236 Å². The molecule has 196 valence electrons. The molecule has 1 aliphatic heterocycles. The van der Waals surface area contributed by atoms with Crippen LogP contribution in [0.2, 0.25) is 5.02 Å². The molecule has 0 aromatic heterocycles. The summed E-state index contributed by atoms with van der Waals surface area (Å²) < 4.78 is 24.8. The lowest BCUT2D eigenvalue weighted by Gasteiger charge is -2.13. The lowest BCUT2D eigenvalue weighted by atomic mass is 10.2. The van der Waals surface area contributed by atoms with Crippen molar-refractivity contribution in [2.24, 2.45) is 0 Å². The van der Waals surface area contributed by atoms with Crippen molar-refractivity contribution in [1.82, 2.24) is 4.90 Å². The van der Waals surface area contributed by atoms with E-state index in [2.05, 4.69) is 21.2 Å². The van der Waals surface area contributed by atoms with Crippen molar-refractivity contribution in [3.05, 3.63) is 92.0 Å². The van der Waals surface area contributed by atoms with Gasteiger partial charge in [-0.25, -0.2) is 4.39 Å². The van der Waals surface area contributed by atoms with Crippen LogP contribution in [0.1, 0.15) is 18.1 Å². The summed E-state index contributed by atoms with van der Waals surface area (Å²) >= 11 is 10.6. The fourth-order valence-electron chi connectivity index (χ4n) is 3.47. The number of nitrogens with zero attached hydrogens (tertiary/aromatic N) is 1. The van der Waals surface area contributed by atoms with E-state index in [1.54, 1.807) is 48.5 Å². The van der Waals surface area contributed by atoms with Gasteiger partial charge in [0.15, 0.2) is 5.75 Å². The average Bonchev–Trinajstić information content (AvgIpc) is 3.13. The maximum absolute atomic E-state index is 13.1. The second-order valence-corrected chi connectivity index (χ2v) is 10.3. The van der Waals surface area contributed by atoms with Gasteiger partial charge in [0.2, 0.25) is 5.91 Å². The predicted octanol–water partition coefficient (Wildman–Crippen LogP) is 6.89. The Bertz CT molecular complexity index is 1380. The van der Waals surface area contributed by atoms with Gasteiger partial charge < -0.3 is 14.8 Å². The minimum absolute atomic E-state index is 0.159. The van der Waals surface area contributed by atoms with E-state index in [1.807, 2.05) is 6.92 Å². The molecule has 1 heterocycles. The summed E-state index contributed by atoms with van der Waals surface area (Å²) in [4.78, 5) is 38.9. The zero-order valence-electron chi connectivity index (χ0n) is 20.0. The molecule has 0 bridgehead atoms. The first-order valence-electron chi connectivity index (χ1n) is 11.4. The predicted molar refractivity (Wildman–Crippen MR) is 149 cm³/mol. The number of nitrogens with one attached hydrogen (secondary N) is 1. The number of thioether (sulfide) groups is 1. The van der Waals surface area contributed by atoms with Gasteiger partial charge in [-0.3, -0.25) is 19.3 Å². The molecule has 0 saturated carbocycles. The van der Waals surface area contributed by atoms with E-state index in [-0.39, 0.29) is 22.4 Å². The van der Waals surface area contributed by atoms with E-state index in [4.69, 9.17) is 21.1 Å². The number of rotatable bonds is 9. The van der Waals surface area contributed by atoms with Gasteiger partial charge in [0, 0.05) is 5.69 Å². The Kier molecular flexibility index (Phi) is 9.09. The molecule has 38 heavy (non-hydrogen) atoms. The van der Waals surface area contributed by atoms with Crippen LogP contribution in [0.25, 0.3) is 6.08 Å². The van der Waals surface area contributed by atoms with Crippen molar-refractivity contribution in [2.75, 3.05) is 18.5 Å². The van der Waals surface area contributed by atoms with Crippen LogP contribution in [-0.4, -0.2) is 35.1 Å². The standard InChI is InChI=1S/C27H21BrClFN2O5S/c1-2-36-20-9-7-19(8-10-20)31-24(33)14-32-26(34)23(38-27(32)35)13-17-11-21(28)25(22(29)12-17)37-15-16-3-5-18(30)6-4-16/h3-13H,2,14-15H2,1H3,(H,31,33)/b23-13+. The number of halogens is 3. The first-order chi connectivity index (χ1) is 18.2. The summed E-state index contributed by atoms with van der Waals surface area (Å²) in [6.07, 6.45) is 1.52. The van der Waals surface area contributed by atoms with E-state index in [0.717, 1.165) is 22.2 Å². The van der Waals surface area contributed by atoms with Gasteiger partial charge in [-0.15, -0.1) is 0 Å². The quantitative estimate of drug-likeness (QED) is 0.263. The van der Waals surface area contributed by atoms with Crippen molar-refractivity contribution in [1.29, 1.82) is 0 Å². The average molecular weight is 620 g/mol. The highest BCUT2D eigenvalue weighted by Gasteiger charge is 2.36. The molecular weight excluding hydrogens is 599 g/mol. The molecule has 0 atom stereocenters. The van der Waals surface area contributed by atoms with E-state index < -0.39 is 23.6 Å². The van der Waals surface area contributed by atoms with Gasteiger partial charge >= 0.3 is 0 Å². The second kappa shape index (κ2) is 12.5. The second-order valence-electron chi connectivity index (χ2n) is 8.00. The normalized spacial score (nSPS) is 14.2. The SMILES string of the molecule is CCOc1ccc(NC(=O)CN2C(=O)S/C(=C/c3cc(Cl)c(OCc4ccc(F)cc4)c(Br)c3)C2=O)cc1. The molecule has 3 amide bonds. The molecule has 1 fully saturated rings. The molecule has 0 unspecified atom stereocenters. The fourth-order valence-corrected chi connectivity index (χ4v) is 5.30. The molecule has 4 rings (SSSR count). The number of imide groups is 1. The summed E-state index contributed by atoms with van der Waals surface area (Å²) in [5.41, 5.74) is 1.83. The molecular formula is C27H21BrClFN2O5S. The first-order valence-corrected chi connectivity index (χ1v) is 13.4. The number of hydrogen-bond donors (Lipinski definition) is 1. The van der Waals surface area contributed by atoms with Crippen LogP contribution >= 0.6 is 39.3 Å². The number of amides is 3. The highest BCUT2D eigenvalue weighted by molar-refractivity contribution is 9.10. The Hall–Kier alpha value is -3.34. The van der Waals surface area contributed by atoms with Crippen molar-refractivity contribution in [3.63, 3.8) is 0 Å². The van der Waals surface area contributed by atoms with Crippen LogP contribution in [0, 0.1) is 5.82 Å². The molecule has 1 aliphatic rings. The summed E-state index contributed by atoms with van der Waals surface area (Å²) in [5, 5.41) is 2.40. The summed E-state index contributed by atoms with van der Waals surface area (Å²) in [5.74, 6) is -0.375. The largest absolute Gasteiger partial charge is 0.494 e. The van der Waals surface area contributed by atoms with Gasteiger partial charge in [0.05, 0.1) is 21.0 Å². The molecule has 0 aliphatic carbocycles. The lowest BCUT2D eigenvalue weighted by molar-refractivity contribution is -0.127. The van der Waals surface area contributed by atoms with Crippen molar-refractivity contribution in [2.45, 2.75) is 13.5 Å². The topological polar surface area (TPSA) is 84.9 Å². The van der Waals surface area contributed by atoms with Gasteiger partial charge in [0.1, 0.15) is 24.7 Å². The Morgan fingerprint density at radius 3 is 2.47 bits per heavy atom. The number of carbonyl (C=O) groups excluding carboxylic acids is 3. The van der Waals surface area contributed by atoms with Gasteiger partial charge in [-0.05, 0) is 100 Å². The fraction of sp³-hybridized carbons (Fsp3) is 0.148. The zero-order chi connectivity index (χ0) is 27.2. The van der Waals surface area contributed by atoms with Crippen LogP contribution in [-0.2, 0) is 16.2 Å². The molecule has 1 saturated heterocycles. The van der Waals surface area contributed by atoms with Crippen LogP contribution in [0.3, 0.4) is 0 Å². The number of hydrogen-bond acceptors (Lipinski definition) is 6. The van der Waals surface area contributed by atoms with Crippen molar-refractivity contribution in [3.8, 4) is 11.5 Å². The summed E-state index contributed by atoms with van der Waals surface area (Å²) in [6.45, 7) is 2.15. The van der Waals surface area contributed by atoms with Crippen LogP contribution < -0.4 is 14.8 Å². The number of anilines is 1. The number of benzene rings is 3. The lowest BCUT2D eigenvalue weighted by Crippen LogP contribution is -2.36. The minimum atomic E-state index is -0.578. The molecule has 0 spiro atoms. The van der Waals surface area contributed by atoms with Crippen LogP contribution in [0.15, 0.2) is 70.0 Å². The zero-order valence-corrected chi connectivity index (χ0v) is 23.2. The first kappa shape index (κ1) is 27.7. The van der Waals surface area contributed by atoms with Crippen molar-refractivity contribution < 1.29 is 28.2 Å². The number of carbonyl (C=O) groups is 3. The number of ether oxygens (including phenoxy) is 2. The van der Waals surface area contributed by atoms with E-state index in [9.17, 15) is 18.8 Å². The van der Waals surface area contributed by atoms with E-state index in [0.29, 0.717) is 33.8 Å². The monoisotopic (exact) mass is 618 g/mol. The third kappa shape index (κ3) is 6.94. The highest BCUT2D eigenvalue weighted by atomic mass is 79.9. The highest BCUT2D eigenvalue weighted by Crippen LogP contribution is 2.38. The summed E-state index contributed by atoms with van der Waals surface area (Å²) in [6, 6.07) is 16.0. The Morgan fingerprint density at radius 2 is 1.82 bits per heavy atom. The minimum Gasteiger partial charge on any atom is -0.494 e. The molecule has 1 N–H and O–H groups in total. The van der Waals surface area contributed by atoms with Gasteiger partial charge in [-0.1, -0.05) is 23.7 Å². The molecule has 0 radical (unpaired) electrons. The third-order valence-corrected chi connectivity index (χ3v) is 7.02. The molecule has 3 aromatic rings. The Morgan fingerprint density at radius 1 is 1.11 bits per heavy atom. The third-order valence-electron chi connectivity index (χ3n) is 5.24. The maximum atomic E-state index is 13.1. The molecule has 11 heteroatoms.